The van der Waals surface area contributed by atoms with Crippen LogP contribution < -0.4 is 5.32 Å². The highest BCUT2D eigenvalue weighted by Gasteiger charge is 2.20. The SMILES string of the molecule is C[C@H](c1ccc(-n2cncn2)cc1)N(C)C(=O)c1ccc(NC(=O)OC(C)(C)C)cc1. The Hall–Kier alpha value is -3.68. The number of hydrogen-bond acceptors (Lipinski definition) is 5. The third-order valence-corrected chi connectivity index (χ3v) is 4.74. The van der Waals surface area contributed by atoms with E-state index >= 15 is 0 Å². The van der Waals surface area contributed by atoms with Crippen molar-refractivity contribution in [2.24, 2.45) is 0 Å². The van der Waals surface area contributed by atoms with Gasteiger partial charge in [-0.25, -0.2) is 14.5 Å². The van der Waals surface area contributed by atoms with Gasteiger partial charge in [-0.15, -0.1) is 0 Å². The fourth-order valence-corrected chi connectivity index (χ4v) is 2.97. The summed E-state index contributed by atoms with van der Waals surface area (Å²) in [6.45, 7) is 7.37. The first kappa shape index (κ1) is 22.0. The van der Waals surface area contributed by atoms with Gasteiger partial charge in [0.05, 0.1) is 11.7 Å². The van der Waals surface area contributed by atoms with E-state index in [9.17, 15) is 9.59 Å². The predicted molar refractivity (Wildman–Crippen MR) is 118 cm³/mol. The molecule has 0 saturated carbocycles. The quantitative estimate of drug-likeness (QED) is 0.657. The zero-order valence-electron chi connectivity index (χ0n) is 18.4. The molecule has 1 N–H and O–H groups in total. The average molecular weight is 422 g/mol. The Morgan fingerprint density at radius 1 is 1.06 bits per heavy atom. The summed E-state index contributed by atoms with van der Waals surface area (Å²) in [5.41, 5.74) is 2.42. The standard InChI is InChI=1S/C23H27N5O3/c1-16(17-8-12-20(13-9-17)28-15-24-14-25-28)27(5)21(29)18-6-10-19(11-7-18)26-22(30)31-23(2,3)4/h6-16H,1-5H3,(H,26,30)/t16-/m1/s1. The van der Waals surface area contributed by atoms with Crippen LogP contribution >= 0.6 is 0 Å². The van der Waals surface area contributed by atoms with Crippen LogP contribution in [-0.2, 0) is 4.74 Å². The summed E-state index contributed by atoms with van der Waals surface area (Å²) in [6, 6.07) is 14.4. The van der Waals surface area contributed by atoms with E-state index < -0.39 is 11.7 Å². The molecule has 1 atom stereocenters. The van der Waals surface area contributed by atoms with Gasteiger partial charge in [0, 0.05) is 18.3 Å². The van der Waals surface area contributed by atoms with E-state index in [4.69, 9.17) is 4.74 Å². The summed E-state index contributed by atoms with van der Waals surface area (Å²) >= 11 is 0. The highest BCUT2D eigenvalue weighted by Crippen LogP contribution is 2.23. The number of benzene rings is 2. The summed E-state index contributed by atoms with van der Waals surface area (Å²) in [5.74, 6) is -0.114. The van der Waals surface area contributed by atoms with E-state index in [-0.39, 0.29) is 11.9 Å². The Bertz CT molecular complexity index is 1020. The first-order valence-electron chi connectivity index (χ1n) is 9.96. The van der Waals surface area contributed by atoms with Crippen LogP contribution in [0.2, 0.25) is 0 Å². The van der Waals surface area contributed by atoms with Crippen molar-refractivity contribution in [2.75, 3.05) is 12.4 Å². The van der Waals surface area contributed by atoms with Crippen molar-refractivity contribution in [2.45, 2.75) is 39.3 Å². The monoisotopic (exact) mass is 421 g/mol. The molecule has 3 rings (SSSR count). The molecule has 0 unspecified atom stereocenters. The van der Waals surface area contributed by atoms with Crippen molar-refractivity contribution in [3.05, 3.63) is 72.3 Å². The molecule has 0 fully saturated rings. The van der Waals surface area contributed by atoms with Gasteiger partial charge in [0.1, 0.15) is 18.3 Å². The largest absolute Gasteiger partial charge is 0.444 e. The van der Waals surface area contributed by atoms with Gasteiger partial charge in [-0.05, 0) is 69.7 Å². The lowest BCUT2D eigenvalue weighted by molar-refractivity contribution is 0.0635. The number of ether oxygens (including phenoxy) is 1. The minimum Gasteiger partial charge on any atom is -0.444 e. The molecule has 0 saturated heterocycles. The number of aromatic nitrogens is 3. The second-order valence-corrected chi connectivity index (χ2v) is 8.23. The number of carbonyl (C=O) groups excluding carboxylic acids is 2. The molecule has 1 heterocycles. The molecule has 0 aliphatic carbocycles. The van der Waals surface area contributed by atoms with Crippen LogP contribution in [0.4, 0.5) is 10.5 Å². The Labute approximate surface area is 181 Å². The van der Waals surface area contributed by atoms with Crippen LogP contribution in [0, 0.1) is 0 Å². The molecule has 31 heavy (non-hydrogen) atoms. The van der Waals surface area contributed by atoms with Crippen LogP contribution in [-0.4, -0.2) is 44.3 Å². The van der Waals surface area contributed by atoms with Gasteiger partial charge in [0.25, 0.3) is 5.91 Å². The van der Waals surface area contributed by atoms with Gasteiger partial charge in [-0.3, -0.25) is 10.1 Å². The van der Waals surface area contributed by atoms with Crippen molar-refractivity contribution < 1.29 is 14.3 Å². The highest BCUT2D eigenvalue weighted by molar-refractivity contribution is 5.95. The molecule has 0 radical (unpaired) electrons. The Morgan fingerprint density at radius 2 is 1.71 bits per heavy atom. The van der Waals surface area contributed by atoms with Crippen LogP contribution in [0.3, 0.4) is 0 Å². The molecule has 3 aromatic rings. The van der Waals surface area contributed by atoms with Crippen LogP contribution in [0.15, 0.2) is 61.2 Å². The van der Waals surface area contributed by atoms with E-state index in [1.54, 1.807) is 68.0 Å². The fourth-order valence-electron chi connectivity index (χ4n) is 2.97. The Morgan fingerprint density at radius 3 is 2.26 bits per heavy atom. The molecule has 0 aliphatic rings. The number of nitrogens with one attached hydrogen (secondary N) is 1. The van der Waals surface area contributed by atoms with E-state index in [1.807, 2.05) is 31.2 Å². The number of anilines is 1. The minimum absolute atomic E-state index is 0.114. The molecule has 0 bridgehead atoms. The lowest BCUT2D eigenvalue weighted by Gasteiger charge is -2.26. The van der Waals surface area contributed by atoms with Crippen molar-refractivity contribution in [3.63, 3.8) is 0 Å². The van der Waals surface area contributed by atoms with E-state index in [0.717, 1.165) is 11.3 Å². The van der Waals surface area contributed by atoms with Gasteiger partial charge in [0.2, 0.25) is 0 Å². The van der Waals surface area contributed by atoms with E-state index in [1.165, 1.54) is 6.33 Å². The van der Waals surface area contributed by atoms with Crippen molar-refractivity contribution in [1.29, 1.82) is 0 Å². The van der Waals surface area contributed by atoms with Gasteiger partial charge in [-0.1, -0.05) is 12.1 Å². The van der Waals surface area contributed by atoms with E-state index in [0.29, 0.717) is 11.3 Å². The zero-order chi connectivity index (χ0) is 22.6. The Kier molecular flexibility index (Phi) is 6.39. The van der Waals surface area contributed by atoms with Crippen LogP contribution in [0.1, 0.15) is 49.7 Å². The maximum absolute atomic E-state index is 12.9. The Balaban J connectivity index is 1.64. The molecular weight excluding hydrogens is 394 g/mol. The fraction of sp³-hybridized carbons (Fsp3) is 0.304. The van der Waals surface area contributed by atoms with Crippen molar-refractivity contribution >= 4 is 17.7 Å². The average Bonchev–Trinajstić information content (AvgIpc) is 3.26. The molecular formula is C23H27N5O3. The van der Waals surface area contributed by atoms with Gasteiger partial charge >= 0.3 is 6.09 Å². The predicted octanol–water partition coefficient (Wildman–Crippen LogP) is 4.45. The van der Waals surface area contributed by atoms with E-state index in [2.05, 4.69) is 15.4 Å². The number of rotatable bonds is 5. The maximum Gasteiger partial charge on any atom is 0.412 e. The topological polar surface area (TPSA) is 89.4 Å². The minimum atomic E-state index is -0.577. The van der Waals surface area contributed by atoms with Crippen molar-refractivity contribution in [1.82, 2.24) is 19.7 Å². The smallest absolute Gasteiger partial charge is 0.412 e. The first-order chi connectivity index (χ1) is 14.6. The second kappa shape index (κ2) is 8.99. The number of carbonyl (C=O) groups is 2. The molecule has 162 valence electrons. The molecule has 8 nitrogen and oxygen atoms in total. The summed E-state index contributed by atoms with van der Waals surface area (Å²) in [7, 11) is 1.77. The summed E-state index contributed by atoms with van der Waals surface area (Å²) < 4.78 is 6.91. The van der Waals surface area contributed by atoms with Gasteiger partial charge < -0.3 is 9.64 Å². The molecule has 2 aromatic carbocycles. The molecule has 0 aliphatic heterocycles. The van der Waals surface area contributed by atoms with Crippen LogP contribution in [0.25, 0.3) is 5.69 Å². The van der Waals surface area contributed by atoms with Gasteiger partial charge in [0.15, 0.2) is 0 Å². The summed E-state index contributed by atoms with van der Waals surface area (Å²) in [6.07, 6.45) is 2.58. The number of nitrogens with zero attached hydrogens (tertiary/aromatic N) is 4. The number of hydrogen-bond donors (Lipinski definition) is 1. The molecule has 2 amide bonds. The lowest BCUT2D eigenvalue weighted by Crippen LogP contribution is -2.29. The second-order valence-electron chi connectivity index (χ2n) is 8.23. The summed E-state index contributed by atoms with van der Waals surface area (Å²) in [4.78, 5) is 30.4. The lowest BCUT2D eigenvalue weighted by atomic mass is 10.1. The van der Waals surface area contributed by atoms with Crippen molar-refractivity contribution in [3.8, 4) is 5.69 Å². The summed E-state index contributed by atoms with van der Waals surface area (Å²) in [5, 5.41) is 6.77. The molecule has 0 spiro atoms. The highest BCUT2D eigenvalue weighted by atomic mass is 16.6. The normalized spacial score (nSPS) is 12.2. The zero-order valence-corrected chi connectivity index (χ0v) is 18.4. The first-order valence-corrected chi connectivity index (χ1v) is 9.96. The molecule has 8 heteroatoms. The van der Waals surface area contributed by atoms with Gasteiger partial charge in [-0.2, -0.15) is 5.10 Å². The number of amides is 2. The maximum atomic E-state index is 12.9. The van der Waals surface area contributed by atoms with Crippen LogP contribution in [0.5, 0.6) is 0 Å². The third kappa shape index (κ3) is 5.69. The molecule has 1 aromatic heterocycles. The third-order valence-electron chi connectivity index (χ3n) is 4.74.